The molecule has 2 rings (SSSR count). The van der Waals surface area contributed by atoms with Crippen LogP contribution in [0.2, 0.25) is 0 Å². The largest absolute Gasteiger partial charge is 0.385 e. The molecule has 0 bridgehead atoms. The van der Waals surface area contributed by atoms with E-state index in [0.29, 0.717) is 26.1 Å². The molecule has 0 atom stereocenters. The third-order valence-corrected chi connectivity index (χ3v) is 4.06. The highest BCUT2D eigenvalue weighted by Crippen LogP contribution is 2.28. The van der Waals surface area contributed by atoms with E-state index in [1.807, 2.05) is 43.3 Å². The first-order valence-electron chi connectivity index (χ1n) is 8.21. The van der Waals surface area contributed by atoms with Gasteiger partial charge in [-0.1, -0.05) is 24.3 Å². The number of ether oxygens (including phenoxy) is 1. The Kier molecular flexibility index (Phi) is 6.55. The van der Waals surface area contributed by atoms with Crippen LogP contribution in [0.3, 0.4) is 0 Å². The number of rotatable bonds is 8. The number of carbonyl (C=O) groups excluding carboxylic acids is 1. The number of carbonyl (C=O) groups is 1. The Morgan fingerprint density at radius 1 is 1.44 bits per heavy atom. The second-order valence-electron chi connectivity index (χ2n) is 5.69. The molecule has 1 N–H and O–H groups in total. The topological polar surface area (TPSA) is 67.0 Å². The van der Waals surface area contributed by atoms with E-state index < -0.39 is 0 Å². The maximum Gasteiger partial charge on any atom is 0.261 e. The van der Waals surface area contributed by atoms with Gasteiger partial charge >= 0.3 is 0 Å². The van der Waals surface area contributed by atoms with Gasteiger partial charge in [0.2, 0.25) is 0 Å². The van der Waals surface area contributed by atoms with Crippen LogP contribution in [0.1, 0.15) is 17.7 Å². The lowest BCUT2D eigenvalue weighted by Gasteiger charge is -2.05. The van der Waals surface area contributed by atoms with Crippen molar-refractivity contribution in [3.8, 4) is 6.07 Å². The normalized spacial score (nSPS) is 11.3. The molecule has 1 amide bonds. The highest BCUT2D eigenvalue weighted by Gasteiger charge is 2.15. The van der Waals surface area contributed by atoms with Crippen LogP contribution in [0, 0.1) is 18.3 Å². The molecule has 2 aromatic rings. The second-order valence-corrected chi connectivity index (χ2v) is 5.69. The third-order valence-electron chi connectivity index (χ3n) is 4.06. The second kappa shape index (κ2) is 8.86. The predicted molar refractivity (Wildman–Crippen MR) is 100.0 cm³/mol. The van der Waals surface area contributed by atoms with Gasteiger partial charge in [0.05, 0.1) is 0 Å². The molecule has 5 heteroatoms. The molecule has 1 heterocycles. The van der Waals surface area contributed by atoms with Crippen LogP contribution in [0.15, 0.2) is 42.5 Å². The molecular formula is C20H23N3O2. The molecule has 1 aromatic heterocycles. The predicted octanol–water partition coefficient (Wildman–Crippen LogP) is 3.20. The van der Waals surface area contributed by atoms with Crippen molar-refractivity contribution in [2.45, 2.75) is 19.9 Å². The Hall–Kier alpha value is -2.84. The van der Waals surface area contributed by atoms with Gasteiger partial charge in [-0.25, -0.2) is 0 Å². The van der Waals surface area contributed by atoms with Crippen molar-refractivity contribution in [2.75, 3.05) is 20.3 Å². The quantitative estimate of drug-likeness (QED) is 0.348. The summed E-state index contributed by atoms with van der Waals surface area (Å²) in [4.78, 5) is 12.3. The molecule has 130 valence electrons. The minimum absolute atomic E-state index is 0.0991. The van der Waals surface area contributed by atoms with E-state index in [4.69, 9.17) is 4.74 Å². The van der Waals surface area contributed by atoms with Crippen LogP contribution >= 0.6 is 0 Å². The minimum Gasteiger partial charge on any atom is -0.385 e. The lowest BCUT2D eigenvalue weighted by atomic mass is 10.1. The van der Waals surface area contributed by atoms with Crippen molar-refractivity contribution in [2.24, 2.45) is 0 Å². The molecular weight excluding hydrogens is 314 g/mol. The highest BCUT2D eigenvalue weighted by molar-refractivity contribution is 6.04. The van der Waals surface area contributed by atoms with E-state index in [2.05, 4.69) is 16.5 Å². The first-order valence-corrected chi connectivity index (χ1v) is 8.21. The van der Waals surface area contributed by atoms with Crippen LogP contribution < -0.4 is 5.32 Å². The number of nitrogens with one attached hydrogen (secondary N) is 1. The van der Waals surface area contributed by atoms with Crippen LogP contribution in [-0.4, -0.2) is 30.7 Å². The van der Waals surface area contributed by atoms with E-state index in [1.165, 1.54) is 0 Å². The van der Waals surface area contributed by atoms with Crippen LogP contribution in [-0.2, 0) is 16.1 Å². The van der Waals surface area contributed by atoms with Gasteiger partial charge in [0, 0.05) is 49.0 Å². The number of hydrogen-bond donors (Lipinski definition) is 1. The third kappa shape index (κ3) is 4.17. The number of allylic oxidation sites excluding steroid dienone is 1. The number of nitrogens with zero attached hydrogens (tertiary/aromatic N) is 2. The van der Waals surface area contributed by atoms with Gasteiger partial charge in [-0.2, -0.15) is 5.26 Å². The van der Waals surface area contributed by atoms with Gasteiger partial charge in [0.15, 0.2) is 0 Å². The van der Waals surface area contributed by atoms with Crippen molar-refractivity contribution in [3.63, 3.8) is 0 Å². The first kappa shape index (κ1) is 18.5. The van der Waals surface area contributed by atoms with E-state index >= 15 is 0 Å². The fourth-order valence-electron chi connectivity index (χ4n) is 2.81. The Morgan fingerprint density at radius 2 is 2.20 bits per heavy atom. The fourth-order valence-corrected chi connectivity index (χ4v) is 2.81. The van der Waals surface area contributed by atoms with Crippen LogP contribution in [0.25, 0.3) is 17.0 Å². The van der Waals surface area contributed by atoms with Gasteiger partial charge in [0.25, 0.3) is 5.91 Å². The summed E-state index contributed by atoms with van der Waals surface area (Å²) in [7, 11) is 1.62. The molecule has 0 radical (unpaired) electrons. The van der Waals surface area contributed by atoms with Crippen molar-refractivity contribution in [1.82, 2.24) is 9.88 Å². The summed E-state index contributed by atoms with van der Waals surface area (Å²) in [5.74, 6) is -0.362. The zero-order valence-electron chi connectivity index (χ0n) is 14.7. The van der Waals surface area contributed by atoms with Crippen LogP contribution in [0.5, 0.6) is 0 Å². The minimum atomic E-state index is -0.362. The first-order chi connectivity index (χ1) is 12.1. The summed E-state index contributed by atoms with van der Waals surface area (Å²) in [6.07, 6.45) is 4.21. The Bertz CT molecular complexity index is 840. The zero-order valence-corrected chi connectivity index (χ0v) is 14.7. The van der Waals surface area contributed by atoms with Gasteiger partial charge in [-0.3, -0.25) is 4.79 Å². The number of nitriles is 1. The van der Waals surface area contributed by atoms with E-state index in [0.717, 1.165) is 22.2 Å². The van der Waals surface area contributed by atoms with E-state index in [9.17, 15) is 10.1 Å². The van der Waals surface area contributed by atoms with E-state index in [1.54, 1.807) is 13.2 Å². The number of methoxy groups -OCH3 is 1. The average Bonchev–Trinajstić information content (AvgIpc) is 2.89. The summed E-state index contributed by atoms with van der Waals surface area (Å²) >= 11 is 0. The number of fused-ring (bicyclic) bond motifs is 1. The molecule has 0 saturated carbocycles. The van der Waals surface area contributed by atoms with Crippen LogP contribution in [0.4, 0.5) is 0 Å². The smallest absolute Gasteiger partial charge is 0.261 e. The lowest BCUT2D eigenvalue weighted by molar-refractivity contribution is -0.117. The molecule has 25 heavy (non-hydrogen) atoms. The number of amides is 1. The molecule has 0 unspecified atom stereocenters. The summed E-state index contributed by atoms with van der Waals surface area (Å²) in [6, 6.07) is 9.97. The SMILES string of the molecule is C=CCn1c(C)c(/C=C(\C#N)C(=O)NCCCOC)c2ccccc21. The summed E-state index contributed by atoms with van der Waals surface area (Å²) in [5, 5.41) is 13.2. The molecule has 0 aliphatic heterocycles. The lowest BCUT2D eigenvalue weighted by Crippen LogP contribution is -2.26. The zero-order chi connectivity index (χ0) is 18.2. The molecule has 0 spiro atoms. The molecule has 0 fully saturated rings. The maximum absolute atomic E-state index is 12.3. The summed E-state index contributed by atoms with van der Waals surface area (Å²) in [5.41, 5.74) is 3.05. The Labute approximate surface area is 148 Å². The number of aromatic nitrogens is 1. The molecule has 5 nitrogen and oxygen atoms in total. The van der Waals surface area contributed by atoms with Crippen molar-refractivity contribution in [3.05, 3.63) is 53.8 Å². The molecule has 0 saturated heterocycles. The van der Waals surface area contributed by atoms with Gasteiger partial charge in [0.1, 0.15) is 11.6 Å². The maximum atomic E-state index is 12.3. The Morgan fingerprint density at radius 3 is 2.88 bits per heavy atom. The summed E-state index contributed by atoms with van der Waals surface area (Å²) in [6.45, 7) is 7.51. The van der Waals surface area contributed by atoms with Gasteiger partial charge < -0.3 is 14.6 Å². The fraction of sp³-hybridized carbons (Fsp3) is 0.300. The number of benzene rings is 1. The monoisotopic (exact) mass is 337 g/mol. The van der Waals surface area contributed by atoms with Gasteiger partial charge in [-0.15, -0.1) is 6.58 Å². The molecule has 0 aliphatic rings. The standard InChI is InChI=1S/C20H23N3O2/c1-4-11-23-15(2)18(17-8-5-6-9-19(17)23)13-16(14-21)20(24)22-10-7-12-25-3/h4-6,8-9,13H,1,7,10-12H2,2-3H3,(H,22,24)/b16-13+. The van der Waals surface area contributed by atoms with Crippen molar-refractivity contribution >= 4 is 22.9 Å². The highest BCUT2D eigenvalue weighted by atomic mass is 16.5. The van der Waals surface area contributed by atoms with E-state index in [-0.39, 0.29) is 11.5 Å². The Balaban J connectivity index is 2.38. The molecule has 0 aliphatic carbocycles. The number of hydrogen-bond acceptors (Lipinski definition) is 3. The van der Waals surface area contributed by atoms with Crippen molar-refractivity contribution in [1.29, 1.82) is 5.26 Å². The van der Waals surface area contributed by atoms with Gasteiger partial charge in [-0.05, 0) is 25.5 Å². The summed E-state index contributed by atoms with van der Waals surface area (Å²) < 4.78 is 7.08. The average molecular weight is 337 g/mol. The van der Waals surface area contributed by atoms with Crippen molar-refractivity contribution < 1.29 is 9.53 Å². The molecule has 1 aromatic carbocycles. The number of para-hydroxylation sites is 1.